The van der Waals surface area contributed by atoms with Crippen LogP contribution in [0.5, 0.6) is 5.75 Å². The third kappa shape index (κ3) is 6.84. The van der Waals surface area contributed by atoms with Crippen molar-refractivity contribution in [2.45, 2.75) is 4.90 Å². The van der Waals surface area contributed by atoms with E-state index in [4.69, 9.17) is 4.74 Å². The SMILES string of the molecule is CNC(=O)Nc1ccc(NC(=O)C=Cc2ccc(S(=O)(=O)Nc3ccc(OC)cc3)cc2)cc1. The van der Waals surface area contributed by atoms with Gasteiger partial charge in [0, 0.05) is 30.2 Å². The zero-order valence-electron chi connectivity index (χ0n) is 18.5. The minimum atomic E-state index is -3.76. The van der Waals surface area contributed by atoms with Gasteiger partial charge >= 0.3 is 6.03 Å². The van der Waals surface area contributed by atoms with Crippen LogP contribution in [0.1, 0.15) is 5.56 Å². The van der Waals surface area contributed by atoms with E-state index in [1.807, 2.05) is 0 Å². The van der Waals surface area contributed by atoms with Crippen molar-refractivity contribution < 1.29 is 22.7 Å². The third-order valence-electron chi connectivity index (χ3n) is 4.60. The second-order valence-corrected chi connectivity index (χ2v) is 8.69. The Morgan fingerprint density at radius 3 is 1.91 bits per heavy atom. The molecular formula is C24H24N4O5S. The number of methoxy groups -OCH3 is 1. The number of rotatable bonds is 8. The molecule has 0 saturated heterocycles. The van der Waals surface area contributed by atoms with E-state index in [1.54, 1.807) is 66.7 Å². The molecule has 0 bridgehead atoms. The fraction of sp³-hybridized carbons (Fsp3) is 0.0833. The summed E-state index contributed by atoms with van der Waals surface area (Å²) in [7, 11) is -0.711. The molecule has 3 amide bonds. The molecule has 3 aromatic rings. The number of hydrogen-bond donors (Lipinski definition) is 4. The smallest absolute Gasteiger partial charge is 0.318 e. The molecule has 10 heteroatoms. The molecule has 4 N–H and O–H groups in total. The van der Waals surface area contributed by atoms with E-state index < -0.39 is 10.0 Å². The van der Waals surface area contributed by atoms with E-state index in [1.165, 1.54) is 32.4 Å². The Labute approximate surface area is 197 Å². The highest BCUT2D eigenvalue weighted by atomic mass is 32.2. The summed E-state index contributed by atoms with van der Waals surface area (Å²) in [5.41, 5.74) is 2.22. The first-order valence-corrected chi connectivity index (χ1v) is 11.6. The molecule has 0 aliphatic rings. The van der Waals surface area contributed by atoms with E-state index in [0.717, 1.165) is 0 Å². The van der Waals surface area contributed by atoms with Gasteiger partial charge in [-0.15, -0.1) is 0 Å². The lowest BCUT2D eigenvalue weighted by atomic mass is 10.2. The van der Waals surface area contributed by atoms with Gasteiger partial charge in [0.1, 0.15) is 5.75 Å². The minimum absolute atomic E-state index is 0.0929. The molecule has 0 aromatic heterocycles. The molecular weight excluding hydrogens is 456 g/mol. The van der Waals surface area contributed by atoms with Crippen LogP contribution in [-0.2, 0) is 14.8 Å². The molecule has 0 aliphatic carbocycles. The van der Waals surface area contributed by atoms with Crippen molar-refractivity contribution in [2.75, 3.05) is 29.5 Å². The number of carbonyl (C=O) groups is 2. The van der Waals surface area contributed by atoms with Gasteiger partial charge < -0.3 is 20.7 Å². The van der Waals surface area contributed by atoms with Crippen LogP contribution in [0.3, 0.4) is 0 Å². The fourth-order valence-corrected chi connectivity index (χ4v) is 3.88. The lowest BCUT2D eigenvalue weighted by molar-refractivity contribution is -0.111. The van der Waals surface area contributed by atoms with E-state index >= 15 is 0 Å². The largest absolute Gasteiger partial charge is 0.497 e. The fourth-order valence-electron chi connectivity index (χ4n) is 2.82. The molecule has 176 valence electrons. The molecule has 0 aliphatic heterocycles. The standard InChI is InChI=1S/C24H24N4O5S/c1-25-24(30)27-19-8-6-18(7-9-19)26-23(29)16-5-17-3-14-22(15-4-17)34(31,32)28-20-10-12-21(33-2)13-11-20/h3-16,28H,1-2H3,(H,26,29)(H2,25,27,30). The predicted molar refractivity (Wildman–Crippen MR) is 132 cm³/mol. The summed E-state index contributed by atoms with van der Waals surface area (Å²) < 4.78 is 32.7. The zero-order chi connectivity index (χ0) is 24.6. The van der Waals surface area contributed by atoms with Gasteiger partial charge in [0.15, 0.2) is 0 Å². The summed E-state index contributed by atoms with van der Waals surface area (Å²) in [4.78, 5) is 23.6. The van der Waals surface area contributed by atoms with Crippen molar-refractivity contribution in [3.8, 4) is 5.75 Å². The Hall–Kier alpha value is -4.31. The van der Waals surface area contributed by atoms with Crippen molar-refractivity contribution in [3.63, 3.8) is 0 Å². The van der Waals surface area contributed by atoms with Crippen LogP contribution in [0.25, 0.3) is 6.08 Å². The van der Waals surface area contributed by atoms with Gasteiger partial charge in [-0.05, 0) is 72.3 Å². The maximum Gasteiger partial charge on any atom is 0.318 e. The van der Waals surface area contributed by atoms with E-state index in [0.29, 0.717) is 28.4 Å². The van der Waals surface area contributed by atoms with Crippen LogP contribution in [0.4, 0.5) is 21.9 Å². The Kier molecular flexibility index (Phi) is 7.88. The summed E-state index contributed by atoms with van der Waals surface area (Å²) in [5, 5.41) is 7.78. The summed E-state index contributed by atoms with van der Waals surface area (Å²) in [6.45, 7) is 0. The Balaban J connectivity index is 1.58. The Morgan fingerprint density at radius 1 is 0.794 bits per heavy atom. The molecule has 3 rings (SSSR count). The van der Waals surface area contributed by atoms with Gasteiger partial charge in [-0.1, -0.05) is 12.1 Å². The van der Waals surface area contributed by atoms with Gasteiger partial charge in [0.2, 0.25) is 5.91 Å². The second kappa shape index (κ2) is 11.0. The summed E-state index contributed by atoms with van der Waals surface area (Å²) >= 11 is 0. The summed E-state index contributed by atoms with van der Waals surface area (Å²) in [6, 6.07) is 19.0. The molecule has 0 fully saturated rings. The number of sulfonamides is 1. The van der Waals surface area contributed by atoms with Crippen LogP contribution in [0.15, 0.2) is 83.8 Å². The van der Waals surface area contributed by atoms with Gasteiger partial charge in [0.25, 0.3) is 10.0 Å². The van der Waals surface area contributed by atoms with E-state index in [-0.39, 0.29) is 16.8 Å². The summed E-state index contributed by atoms with van der Waals surface area (Å²) in [6.07, 6.45) is 2.92. The predicted octanol–water partition coefficient (Wildman–Crippen LogP) is 3.90. The average Bonchev–Trinajstić information content (AvgIpc) is 2.84. The highest BCUT2D eigenvalue weighted by Gasteiger charge is 2.14. The first kappa shape index (κ1) is 24.3. The number of ether oxygens (including phenoxy) is 1. The number of hydrogen-bond acceptors (Lipinski definition) is 5. The molecule has 0 atom stereocenters. The van der Waals surface area contributed by atoms with E-state index in [2.05, 4.69) is 20.7 Å². The molecule has 0 unspecified atom stereocenters. The van der Waals surface area contributed by atoms with Gasteiger partial charge in [-0.2, -0.15) is 0 Å². The number of carbonyl (C=O) groups excluding carboxylic acids is 2. The van der Waals surface area contributed by atoms with Gasteiger partial charge in [-0.25, -0.2) is 13.2 Å². The quantitative estimate of drug-likeness (QED) is 0.364. The highest BCUT2D eigenvalue weighted by Crippen LogP contribution is 2.20. The van der Waals surface area contributed by atoms with Gasteiger partial charge in [0.05, 0.1) is 12.0 Å². The van der Waals surface area contributed by atoms with Crippen molar-refractivity contribution >= 4 is 45.1 Å². The van der Waals surface area contributed by atoms with Gasteiger partial charge in [-0.3, -0.25) is 9.52 Å². The van der Waals surface area contributed by atoms with Crippen molar-refractivity contribution in [2.24, 2.45) is 0 Å². The Bertz CT molecular complexity index is 1270. The van der Waals surface area contributed by atoms with Crippen molar-refractivity contribution in [3.05, 3.63) is 84.4 Å². The molecule has 3 aromatic carbocycles. The molecule has 9 nitrogen and oxygen atoms in total. The van der Waals surface area contributed by atoms with Crippen LogP contribution < -0.4 is 25.4 Å². The monoisotopic (exact) mass is 480 g/mol. The number of amides is 3. The van der Waals surface area contributed by atoms with E-state index in [9.17, 15) is 18.0 Å². The highest BCUT2D eigenvalue weighted by molar-refractivity contribution is 7.92. The van der Waals surface area contributed by atoms with Crippen LogP contribution in [0, 0.1) is 0 Å². The first-order chi connectivity index (χ1) is 16.3. The first-order valence-electron chi connectivity index (χ1n) is 10.1. The number of urea groups is 1. The lowest BCUT2D eigenvalue weighted by Crippen LogP contribution is -2.24. The van der Waals surface area contributed by atoms with Crippen LogP contribution >= 0.6 is 0 Å². The third-order valence-corrected chi connectivity index (χ3v) is 5.99. The lowest BCUT2D eigenvalue weighted by Gasteiger charge is -2.09. The van der Waals surface area contributed by atoms with Crippen molar-refractivity contribution in [1.82, 2.24) is 5.32 Å². The second-order valence-electron chi connectivity index (χ2n) is 7.01. The normalized spacial score (nSPS) is 11.0. The Morgan fingerprint density at radius 2 is 1.35 bits per heavy atom. The summed E-state index contributed by atoms with van der Waals surface area (Å²) in [5.74, 6) is 0.267. The molecule has 34 heavy (non-hydrogen) atoms. The number of benzene rings is 3. The molecule has 0 radical (unpaired) electrons. The van der Waals surface area contributed by atoms with Crippen LogP contribution in [-0.4, -0.2) is 34.5 Å². The molecule has 0 spiro atoms. The minimum Gasteiger partial charge on any atom is -0.497 e. The van der Waals surface area contributed by atoms with Crippen molar-refractivity contribution in [1.29, 1.82) is 0 Å². The maximum atomic E-state index is 12.6. The molecule has 0 saturated carbocycles. The maximum absolute atomic E-state index is 12.6. The average molecular weight is 481 g/mol. The number of anilines is 3. The topological polar surface area (TPSA) is 126 Å². The molecule has 0 heterocycles. The van der Waals surface area contributed by atoms with Crippen LogP contribution in [0.2, 0.25) is 0 Å². The number of nitrogens with one attached hydrogen (secondary N) is 4. The zero-order valence-corrected chi connectivity index (χ0v) is 19.3.